The molecule has 0 atom stereocenters. The first-order valence-corrected chi connectivity index (χ1v) is 10.4. The van der Waals surface area contributed by atoms with Crippen molar-refractivity contribution >= 4 is 17.1 Å². The Morgan fingerprint density at radius 1 is 1.14 bits per heavy atom. The Kier molecular flexibility index (Phi) is 5.42. The van der Waals surface area contributed by atoms with Crippen LogP contribution in [0, 0.1) is 6.92 Å². The highest BCUT2D eigenvalue weighted by Gasteiger charge is 2.24. The number of benzene rings is 1. The van der Waals surface area contributed by atoms with E-state index in [0.29, 0.717) is 12.1 Å². The van der Waals surface area contributed by atoms with Gasteiger partial charge in [-0.05, 0) is 37.8 Å². The lowest BCUT2D eigenvalue weighted by Gasteiger charge is -2.22. The number of carbonyl (C=O) groups is 1. The van der Waals surface area contributed by atoms with E-state index in [4.69, 9.17) is 9.97 Å². The first kappa shape index (κ1) is 18.7. The summed E-state index contributed by atoms with van der Waals surface area (Å²) >= 11 is 0. The number of amides is 1. The van der Waals surface area contributed by atoms with Crippen molar-refractivity contribution in [2.24, 2.45) is 0 Å². The number of hydrogen-bond donors (Lipinski definition) is 0. The van der Waals surface area contributed by atoms with Crippen molar-refractivity contribution in [2.75, 3.05) is 6.54 Å². The molecule has 0 radical (unpaired) electrons. The van der Waals surface area contributed by atoms with Crippen molar-refractivity contribution in [3.05, 3.63) is 59.0 Å². The monoisotopic (exact) mass is 376 g/mol. The summed E-state index contributed by atoms with van der Waals surface area (Å²) in [5.74, 6) is 1.12. The number of nitrogens with zero attached hydrogens (tertiary/aromatic N) is 4. The zero-order chi connectivity index (χ0) is 19.5. The van der Waals surface area contributed by atoms with E-state index < -0.39 is 0 Å². The molecule has 2 aromatic heterocycles. The van der Waals surface area contributed by atoms with Gasteiger partial charge < -0.3 is 9.47 Å². The predicted octanol–water partition coefficient (Wildman–Crippen LogP) is 4.52. The molecule has 0 aliphatic carbocycles. The van der Waals surface area contributed by atoms with E-state index in [9.17, 15) is 4.79 Å². The average Bonchev–Trinajstić information content (AvgIpc) is 2.88. The molecule has 1 aliphatic heterocycles. The second kappa shape index (κ2) is 8.13. The summed E-state index contributed by atoms with van der Waals surface area (Å²) in [5, 5.41) is 0. The Morgan fingerprint density at radius 3 is 2.75 bits per heavy atom. The number of aromatic nitrogens is 3. The van der Waals surface area contributed by atoms with Gasteiger partial charge in [0.15, 0.2) is 5.65 Å². The topological polar surface area (TPSA) is 51.0 Å². The summed E-state index contributed by atoms with van der Waals surface area (Å²) in [6.45, 7) is 6.36. The Balaban J connectivity index is 1.74. The molecule has 0 spiro atoms. The molecule has 0 saturated heterocycles. The molecule has 3 heterocycles. The van der Waals surface area contributed by atoms with Crippen LogP contribution >= 0.6 is 0 Å². The van der Waals surface area contributed by atoms with Crippen molar-refractivity contribution in [3.8, 4) is 0 Å². The second-order valence-electron chi connectivity index (χ2n) is 7.69. The summed E-state index contributed by atoms with van der Waals surface area (Å²) in [4.78, 5) is 25.1. The van der Waals surface area contributed by atoms with Gasteiger partial charge in [0.25, 0.3) is 5.91 Å². The summed E-state index contributed by atoms with van der Waals surface area (Å²) < 4.78 is 2.23. The van der Waals surface area contributed by atoms with Crippen LogP contribution in [0.1, 0.15) is 60.0 Å². The Bertz CT molecular complexity index is 977. The van der Waals surface area contributed by atoms with Gasteiger partial charge in [0.1, 0.15) is 11.3 Å². The minimum Gasteiger partial charge on any atom is -0.334 e. The zero-order valence-electron chi connectivity index (χ0n) is 16.8. The molecule has 1 amide bonds. The van der Waals surface area contributed by atoms with Crippen molar-refractivity contribution in [2.45, 2.75) is 59.0 Å². The van der Waals surface area contributed by atoms with E-state index in [2.05, 4.69) is 23.6 Å². The Morgan fingerprint density at radius 2 is 1.96 bits per heavy atom. The molecular weight excluding hydrogens is 348 g/mol. The molecule has 5 nitrogen and oxygen atoms in total. The fourth-order valence-electron chi connectivity index (χ4n) is 4.08. The van der Waals surface area contributed by atoms with Crippen LogP contribution in [0.3, 0.4) is 0 Å². The lowest BCUT2D eigenvalue weighted by atomic mass is 10.1. The van der Waals surface area contributed by atoms with Crippen molar-refractivity contribution in [1.29, 1.82) is 0 Å². The second-order valence-corrected chi connectivity index (χ2v) is 7.69. The summed E-state index contributed by atoms with van der Waals surface area (Å²) in [7, 11) is 0. The minimum absolute atomic E-state index is 0.0504. The number of hydrogen-bond acceptors (Lipinski definition) is 3. The fraction of sp³-hybridized carbons (Fsp3) is 0.435. The van der Waals surface area contributed by atoms with Crippen LogP contribution in [0.5, 0.6) is 0 Å². The van der Waals surface area contributed by atoms with Gasteiger partial charge in [0.2, 0.25) is 0 Å². The van der Waals surface area contributed by atoms with Crippen molar-refractivity contribution in [1.82, 2.24) is 19.4 Å². The minimum atomic E-state index is 0.0504. The van der Waals surface area contributed by atoms with E-state index in [-0.39, 0.29) is 5.91 Å². The van der Waals surface area contributed by atoms with Gasteiger partial charge in [-0.2, -0.15) is 0 Å². The van der Waals surface area contributed by atoms with E-state index in [1.54, 1.807) is 0 Å². The number of rotatable bonds is 5. The first-order valence-electron chi connectivity index (χ1n) is 10.4. The van der Waals surface area contributed by atoms with Gasteiger partial charge in [0, 0.05) is 31.7 Å². The molecule has 28 heavy (non-hydrogen) atoms. The van der Waals surface area contributed by atoms with Gasteiger partial charge in [0.05, 0.1) is 5.56 Å². The lowest BCUT2D eigenvalue weighted by molar-refractivity contribution is 0.0745. The molecular formula is C23H28N4O. The molecule has 0 N–H and O–H groups in total. The molecule has 0 unspecified atom stereocenters. The molecule has 0 bridgehead atoms. The third-order valence-electron chi connectivity index (χ3n) is 5.42. The molecule has 1 aliphatic rings. The molecule has 0 saturated carbocycles. The van der Waals surface area contributed by atoms with Crippen molar-refractivity contribution < 1.29 is 4.79 Å². The normalized spacial score (nSPS) is 13.9. The molecule has 4 rings (SSSR count). The number of fused-ring (bicyclic) bond motifs is 3. The predicted molar refractivity (Wildman–Crippen MR) is 111 cm³/mol. The smallest absolute Gasteiger partial charge is 0.256 e. The van der Waals surface area contributed by atoms with Gasteiger partial charge in [-0.3, -0.25) is 4.79 Å². The first-order chi connectivity index (χ1) is 13.7. The zero-order valence-corrected chi connectivity index (χ0v) is 16.8. The molecule has 3 aromatic rings. The number of pyridine rings is 1. The highest BCUT2D eigenvalue weighted by Crippen LogP contribution is 2.25. The number of aryl methyl sites for hydroxylation is 3. The standard InChI is InChI=1S/C23H28N4O/c1-3-13-26(16-18-10-6-4-7-11-18)23(28)19-15-17(2)24-22-21(19)25-20-12-8-5-9-14-27(20)22/h4,6-7,10-11,15H,3,5,8-9,12-14,16H2,1-2H3. The third-order valence-corrected chi connectivity index (χ3v) is 5.42. The van der Waals surface area contributed by atoms with Crippen LogP contribution in [0.4, 0.5) is 0 Å². The van der Waals surface area contributed by atoms with Crippen LogP contribution in [0.2, 0.25) is 0 Å². The van der Waals surface area contributed by atoms with Crippen LogP contribution < -0.4 is 0 Å². The van der Waals surface area contributed by atoms with Gasteiger partial charge in [-0.1, -0.05) is 43.7 Å². The van der Waals surface area contributed by atoms with Gasteiger partial charge >= 0.3 is 0 Å². The number of imidazole rings is 1. The maximum absolute atomic E-state index is 13.5. The Labute approximate surface area is 166 Å². The molecule has 1 aromatic carbocycles. The van der Waals surface area contributed by atoms with Gasteiger partial charge in [-0.15, -0.1) is 0 Å². The highest BCUT2D eigenvalue weighted by atomic mass is 16.2. The van der Waals surface area contributed by atoms with Crippen LogP contribution in [0.15, 0.2) is 36.4 Å². The van der Waals surface area contributed by atoms with E-state index >= 15 is 0 Å². The molecule has 146 valence electrons. The summed E-state index contributed by atoms with van der Waals surface area (Å²) in [6, 6.07) is 12.1. The van der Waals surface area contributed by atoms with Crippen LogP contribution in [-0.4, -0.2) is 31.9 Å². The lowest BCUT2D eigenvalue weighted by Crippen LogP contribution is -2.31. The third kappa shape index (κ3) is 3.66. The van der Waals surface area contributed by atoms with Crippen molar-refractivity contribution in [3.63, 3.8) is 0 Å². The molecule has 5 heteroatoms. The maximum Gasteiger partial charge on any atom is 0.256 e. The van der Waals surface area contributed by atoms with E-state index in [0.717, 1.165) is 67.0 Å². The maximum atomic E-state index is 13.5. The van der Waals surface area contributed by atoms with Gasteiger partial charge in [-0.25, -0.2) is 9.97 Å². The van der Waals surface area contributed by atoms with Crippen LogP contribution in [-0.2, 0) is 19.5 Å². The molecule has 0 fully saturated rings. The Hall–Kier alpha value is -2.69. The largest absolute Gasteiger partial charge is 0.334 e. The summed E-state index contributed by atoms with van der Waals surface area (Å²) in [5.41, 5.74) is 4.34. The highest BCUT2D eigenvalue weighted by molar-refractivity contribution is 6.04. The number of carbonyl (C=O) groups excluding carboxylic acids is 1. The quantitative estimate of drug-likeness (QED) is 0.658. The van der Waals surface area contributed by atoms with E-state index in [1.807, 2.05) is 36.1 Å². The fourth-order valence-corrected chi connectivity index (χ4v) is 4.08. The average molecular weight is 377 g/mol. The summed E-state index contributed by atoms with van der Waals surface area (Å²) in [6.07, 6.45) is 5.41. The SMILES string of the molecule is CCCN(Cc1ccccc1)C(=O)c1cc(C)nc2c1nc1n2CCCCC1. The van der Waals surface area contributed by atoms with E-state index in [1.165, 1.54) is 6.42 Å². The van der Waals surface area contributed by atoms with Crippen LogP contribution in [0.25, 0.3) is 11.2 Å².